The molecule has 28 heavy (non-hydrogen) atoms. The van der Waals surface area contributed by atoms with Crippen LogP contribution in [0.25, 0.3) is 33.3 Å². The lowest BCUT2D eigenvalue weighted by Gasteiger charge is -2.15. The SMILES string of the molecule is Cc1ccnc2ccc(-c3c(-c4ccc(F)cc4)nc(N)nc3C3CC3)cc12. The van der Waals surface area contributed by atoms with Crippen molar-refractivity contribution in [3.8, 4) is 22.4 Å². The summed E-state index contributed by atoms with van der Waals surface area (Å²) in [6.45, 7) is 2.08. The number of hydrogen-bond donors (Lipinski definition) is 1. The van der Waals surface area contributed by atoms with Gasteiger partial charge in [-0.15, -0.1) is 0 Å². The molecule has 0 spiro atoms. The highest BCUT2D eigenvalue weighted by Crippen LogP contribution is 2.46. The number of halogens is 1. The van der Waals surface area contributed by atoms with E-state index in [9.17, 15) is 4.39 Å². The monoisotopic (exact) mass is 370 g/mol. The third-order valence-electron chi connectivity index (χ3n) is 5.28. The molecule has 2 heterocycles. The minimum atomic E-state index is -0.276. The maximum Gasteiger partial charge on any atom is 0.220 e. The van der Waals surface area contributed by atoms with Gasteiger partial charge in [0.1, 0.15) is 5.82 Å². The number of nitrogens with zero attached hydrogens (tertiary/aromatic N) is 3. The third-order valence-corrected chi connectivity index (χ3v) is 5.28. The fraction of sp³-hybridized carbons (Fsp3) is 0.174. The van der Waals surface area contributed by atoms with Gasteiger partial charge in [0.15, 0.2) is 0 Å². The lowest BCUT2D eigenvalue weighted by atomic mass is 9.94. The summed E-state index contributed by atoms with van der Waals surface area (Å²) in [6, 6.07) is 14.6. The molecule has 2 N–H and O–H groups in total. The van der Waals surface area contributed by atoms with Gasteiger partial charge in [-0.3, -0.25) is 4.98 Å². The average molecular weight is 370 g/mol. The summed E-state index contributed by atoms with van der Waals surface area (Å²) >= 11 is 0. The smallest absolute Gasteiger partial charge is 0.220 e. The normalized spacial score (nSPS) is 13.8. The molecule has 1 saturated carbocycles. The van der Waals surface area contributed by atoms with E-state index in [0.29, 0.717) is 5.92 Å². The van der Waals surface area contributed by atoms with E-state index >= 15 is 0 Å². The van der Waals surface area contributed by atoms with Crippen molar-refractivity contribution in [1.82, 2.24) is 15.0 Å². The van der Waals surface area contributed by atoms with Crippen LogP contribution in [0.4, 0.5) is 10.3 Å². The van der Waals surface area contributed by atoms with Crippen molar-refractivity contribution in [2.24, 2.45) is 0 Å². The number of rotatable bonds is 3. The van der Waals surface area contributed by atoms with Crippen molar-refractivity contribution in [3.63, 3.8) is 0 Å². The fourth-order valence-electron chi connectivity index (χ4n) is 3.69. The van der Waals surface area contributed by atoms with Crippen molar-refractivity contribution >= 4 is 16.9 Å². The van der Waals surface area contributed by atoms with E-state index in [-0.39, 0.29) is 11.8 Å². The second-order valence-electron chi connectivity index (χ2n) is 7.33. The fourth-order valence-corrected chi connectivity index (χ4v) is 3.69. The molecular formula is C23H19FN4. The first kappa shape index (κ1) is 16.8. The number of anilines is 1. The molecule has 1 aliphatic carbocycles. The lowest BCUT2D eigenvalue weighted by molar-refractivity contribution is 0.628. The summed E-state index contributed by atoms with van der Waals surface area (Å²) in [6.07, 6.45) is 4.02. The second-order valence-corrected chi connectivity index (χ2v) is 7.33. The summed E-state index contributed by atoms with van der Waals surface area (Å²) in [7, 11) is 0. The Kier molecular flexibility index (Phi) is 3.83. The molecule has 0 bridgehead atoms. The predicted octanol–water partition coefficient (Wildman–Crippen LogP) is 5.27. The van der Waals surface area contributed by atoms with Gasteiger partial charge in [-0.25, -0.2) is 14.4 Å². The van der Waals surface area contributed by atoms with Crippen LogP contribution in [0, 0.1) is 12.7 Å². The Balaban J connectivity index is 1.80. The molecule has 0 unspecified atom stereocenters. The van der Waals surface area contributed by atoms with Crippen LogP contribution in [0.15, 0.2) is 54.7 Å². The third kappa shape index (κ3) is 2.89. The van der Waals surface area contributed by atoms with Crippen LogP contribution in [0.3, 0.4) is 0 Å². The molecule has 0 amide bonds. The van der Waals surface area contributed by atoms with Gasteiger partial charge in [-0.2, -0.15) is 0 Å². The molecule has 4 aromatic rings. The first-order chi connectivity index (χ1) is 13.6. The molecular weight excluding hydrogens is 351 g/mol. The molecule has 2 aromatic carbocycles. The zero-order valence-corrected chi connectivity index (χ0v) is 15.5. The molecule has 0 radical (unpaired) electrons. The Hall–Kier alpha value is -3.34. The summed E-state index contributed by atoms with van der Waals surface area (Å²) in [5.74, 6) is 0.371. The van der Waals surface area contributed by atoms with Crippen LogP contribution in [0.5, 0.6) is 0 Å². The largest absolute Gasteiger partial charge is 0.368 e. The van der Waals surface area contributed by atoms with Gasteiger partial charge in [0.05, 0.1) is 16.9 Å². The van der Waals surface area contributed by atoms with Crippen LogP contribution < -0.4 is 5.73 Å². The van der Waals surface area contributed by atoms with Gasteiger partial charge >= 0.3 is 0 Å². The Morgan fingerprint density at radius 3 is 2.46 bits per heavy atom. The lowest BCUT2D eigenvalue weighted by Crippen LogP contribution is -2.04. The molecule has 138 valence electrons. The van der Waals surface area contributed by atoms with Gasteiger partial charge in [-0.1, -0.05) is 6.07 Å². The number of hydrogen-bond acceptors (Lipinski definition) is 4. The Morgan fingerprint density at radius 2 is 1.71 bits per heavy atom. The molecule has 0 saturated heterocycles. The van der Waals surface area contributed by atoms with E-state index in [1.165, 1.54) is 17.7 Å². The topological polar surface area (TPSA) is 64.7 Å². The van der Waals surface area contributed by atoms with Crippen LogP contribution in [0.2, 0.25) is 0 Å². The summed E-state index contributed by atoms with van der Waals surface area (Å²) in [5, 5.41) is 1.10. The zero-order valence-electron chi connectivity index (χ0n) is 15.5. The summed E-state index contributed by atoms with van der Waals surface area (Å²) < 4.78 is 13.5. The minimum absolute atomic E-state index is 0.253. The number of fused-ring (bicyclic) bond motifs is 1. The predicted molar refractivity (Wildman–Crippen MR) is 109 cm³/mol. The molecule has 1 fully saturated rings. The van der Waals surface area contributed by atoms with Crippen LogP contribution in [-0.4, -0.2) is 15.0 Å². The van der Waals surface area contributed by atoms with Crippen LogP contribution >= 0.6 is 0 Å². The number of nitrogens with two attached hydrogens (primary N) is 1. The maximum absolute atomic E-state index is 13.5. The highest BCUT2D eigenvalue weighted by atomic mass is 19.1. The number of benzene rings is 2. The van der Waals surface area contributed by atoms with Crippen molar-refractivity contribution in [2.45, 2.75) is 25.7 Å². The van der Waals surface area contributed by atoms with E-state index in [4.69, 9.17) is 5.73 Å². The highest BCUT2D eigenvalue weighted by Gasteiger charge is 2.31. The molecule has 0 aliphatic heterocycles. The number of pyridine rings is 1. The Bertz CT molecular complexity index is 1200. The summed E-state index contributed by atoms with van der Waals surface area (Å²) in [5.41, 5.74) is 12.7. The molecule has 1 aliphatic rings. The standard InChI is InChI=1S/C23H19FN4/c1-13-10-11-26-19-9-6-16(12-18(13)19)20-21(14-2-3-14)27-23(25)28-22(20)15-4-7-17(24)8-5-15/h4-12,14H,2-3H2,1H3,(H2,25,27,28). The Morgan fingerprint density at radius 1 is 0.964 bits per heavy atom. The van der Waals surface area contributed by atoms with Crippen molar-refractivity contribution in [3.05, 3.63) is 71.8 Å². The summed E-state index contributed by atoms with van der Waals surface area (Å²) in [4.78, 5) is 13.6. The van der Waals surface area contributed by atoms with E-state index in [1.54, 1.807) is 12.1 Å². The molecule has 5 rings (SSSR count). The maximum atomic E-state index is 13.5. The van der Waals surface area contributed by atoms with E-state index in [0.717, 1.165) is 51.8 Å². The minimum Gasteiger partial charge on any atom is -0.368 e. The highest BCUT2D eigenvalue weighted by molar-refractivity contribution is 5.91. The van der Waals surface area contributed by atoms with Gasteiger partial charge in [0.2, 0.25) is 5.95 Å². The molecule has 4 nitrogen and oxygen atoms in total. The zero-order chi connectivity index (χ0) is 19.3. The number of aryl methyl sites for hydroxylation is 1. The number of nitrogen functional groups attached to an aromatic ring is 1. The quantitative estimate of drug-likeness (QED) is 0.534. The Labute approximate surface area is 162 Å². The van der Waals surface area contributed by atoms with E-state index in [1.807, 2.05) is 18.3 Å². The first-order valence-corrected chi connectivity index (χ1v) is 9.39. The van der Waals surface area contributed by atoms with Gasteiger partial charge in [0, 0.05) is 28.6 Å². The second kappa shape index (κ2) is 6.37. The van der Waals surface area contributed by atoms with Crippen LogP contribution in [0.1, 0.15) is 30.0 Å². The van der Waals surface area contributed by atoms with Crippen molar-refractivity contribution in [1.29, 1.82) is 0 Å². The van der Waals surface area contributed by atoms with E-state index in [2.05, 4.69) is 34.0 Å². The number of aromatic nitrogens is 3. The molecule has 2 aromatic heterocycles. The van der Waals surface area contributed by atoms with Crippen molar-refractivity contribution in [2.75, 3.05) is 5.73 Å². The molecule has 0 atom stereocenters. The average Bonchev–Trinajstić information content (AvgIpc) is 3.53. The van der Waals surface area contributed by atoms with Gasteiger partial charge in [-0.05, 0) is 73.4 Å². The van der Waals surface area contributed by atoms with E-state index < -0.39 is 0 Å². The van der Waals surface area contributed by atoms with Gasteiger partial charge < -0.3 is 5.73 Å². The first-order valence-electron chi connectivity index (χ1n) is 9.39. The van der Waals surface area contributed by atoms with Crippen LogP contribution in [-0.2, 0) is 0 Å². The molecule has 5 heteroatoms. The van der Waals surface area contributed by atoms with Crippen molar-refractivity contribution < 1.29 is 4.39 Å². The van der Waals surface area contributed by atoms with Gasteiger partial charge in [0.25, 0.3) is 0 Å².